The quantitative estimate of drug-likeness (QED) is 0.574. The molecule has 1 atom stereocenters. The first-order chi connectivity index (χ1) is 4.91. The normalized spacial score (nSPS) is 37.1. The maximum Gasteiger partial charge on any atom is 0.0318 e. The van der Waals surface area contributed by atoms with E-state index in [1.807, 2.05) is 0 Å². The summed E-state index contributed by atoms with van der Waals surface area (Å²) in [4.78, 5) is 0. The molecule has 0 amide bonds. The van der Waals surface area contributed by atoms with Crippen molar-refractivity contribution in [3.63, 3.8) is 0 Å². The lowest BCUT2D eigenvalue weighted by Crippen LogP contribution is -2.49. The Kier molecular flexibility index (Phi) is 3.16. The summed E-state index contributed by atoms with van der Waals surface area (Å²) in [5, 5.41) is 7.05. The largest absolute Gasteiger partial charge is 0.315 e. The SMILES string of the molecule is C1CCC2(CCNC2)NC1.Cl. The molecule has 2 fully saturated rings. The molecule has 1 unspecified atom stereocenters. The van der Waals surface area contributed by atoms with Crippen molar-refractivity contribution >= 4 is 12.4 Å². The van der Waals surface area contributed by atoms with Gasteiger partial charge in [0.1, 0.15) is 0 Å². The van der Waals surface area contributed by atoms with Gasteiger partial charge in [-0.1, -0.05) is 6.42 Å². The van der Waals surface area contributed by atoms with Gasteiger partial charge in [-0.3, -0.25) is 0 Å². The molecular weight excluding hydrogens is 160 g/mol. The van der Waals surface area contributed by atoms with Gasteiger partial charge in [0.25, 0.3) is 0 Å². The van der Waals surface area contributed by atoms with Gasteiger partial charge in [0.05, 0.1) is 0 Å². The third-order valence-corrected chi connectivity index (χ3v) is 2.83. The van der Waals surface area contributed by atoms with Crippen molar-refractivity contribution in [2.75, 3.05) is 19.6 Å². The zero-order valence-electron chi connectivity index (χ0n) is 6.86. The van der Waals surface area contributed by atoms with Crippen LogP contribution in [0.25, 0.3) is 0 Å². The standard InChI is InChI=1S/C8H16N2.ClH/c1-2-5-10-8(3-1)4-6-9-7-8;/h9-10H,1-7H2;1H. The van der Waals surface area contributed by atoms with E-state index in [4.69, 9.17) is 0 Å². The molecule has 2 heterocycles. The first-order valence-electron chi connectivity index (χ1n) is 4.37. The van der Waals surface area contributed by atoms with Gasteiger partial charge in [0.15, 0.2) is 0 Å². The highest BCUT2D eigenvalue weighted by Crippen LogP contribution is 2.24. The molecule has 0 aromatic heterocycles. The van der Waals surface area contributed by atoms with Crippen molar-refractivity contribution in [1.29, 1.82) is 0 Å². The Morgan fingerprint density at radius 1 is 1.00 bits per heavy atom. The molecule has 2 nitrogen and oxygen atoms in total. The van der Waals surface area contributed by atoms with Crippen molar-refractivity contribution in [3.05, 3.63) is 0 Å². The average molecular weight is 177 g/mol. The third kappa shape index (κ3) is 1.86. The number of nitrogens with one attached hydrogen (secondary N) is 2. The zero-order valence-corrected chi connectivity index (χ0v) is 7.67. The Balaban J connectivity index is 0.000000605. The average Bonchev–Trinajstić information content (AvgIpc) is 2.39. The summed E-state index contributed by atoms with van der Waals surface area (Å²) in [6, 6.07) is 0. The van der Waals surface area contributed by atoms with Gasteiger partial charge in [-0.2, -0.15) is 0 Å². The van der Waals surface area contributed by atoms with Gasteiger partial charge < -0.3 is 10.6 Å². The van der Waals surface area contributed by atoms with Crippen LogP contribution >= 0.6 is 12.4 Å². The maximum atomic E-state index is 3.63. The Morgan fingerprint density at radius 3 is 2.45 bits per heavy atom. The van der Waals surface area contributed by atoms with Gasteiger partial charge >= 0.3 is 0 Å². The van der Waals surface area contributed by atoms with Crippen LogP contribution in [0.1, 0.15) is 25.7 Å². The van der Waals surface area contributed by atoms with Gasteiger partial charge in [0, 0.05) is 12.1 Å². The van der Waals surface area contributed by atoms with E-state index in [9.17, 15) is 0 Å². The van der Waals surface area contributed by atoms with E-state index in [1.54, 1.807) is 0 Å². The first-order valence-corrected chi connectivity index (χ1v) is 4.37. The molecular formula is C8H17ClN2. The van der Waals surface area contributed by atoms with E-state index in [0.717, 1.165) is 0 Å². The van der Waals surface area contributed by atoms with E-state index in [-0.39, 0.29) is 12.4 Å². The molecule has 0 aromatic carbocycles. The summed E-state index contributed by atoms with van der Waals surface area (Å²) in [5.41, 5.74) is 0.512. The summed E-state index contributed by atoms with van der Waals surface area (Å²) in [7, 11) is 0. The van der Waals surface area contributed by atoms with E-state index in [2.05, 4.69) is 10.6 Å². The Bertz CT molecular complexity index is 113. The van der Waals surface area contributed by atoms with Crippen LogP contribution in [0.15, 0.2) is 0 Å². The second-order valence-corrected chi connectivity index (χ2v) is 3.59. The summed E-state index contributed by atoms with van der Waals surface area (Å²) in [6.45, 7) is 3.65. The second-order valence-electron chi connectivity index (χ2n) is 3.59. The Hall–Kier alpha value is 0.210. The van der Waals surface area contributed by atoms with Crippen LogP contribution in [0.3, 0.4) is 0 Å². The fraction of sp³-hybridized carbons (Fsp3) is 1.00. The topological polar surface area (TPSA) is 24.1 Å². The number of piperidine rings is 1. The second kappa shape index (κ2) is 3.74. The molecule has 2 aliphatic rings. The van der Waals surface area contributed by atoms with Gasteiger partial charge in [-0.25, -0.2) is 0 Å². The van der Waals surface area contributed by atoms with Gasteiger partial charge in [-0.15, -0.1) is 12.4 Å². The summed E-state index contributed by atoms with van der Waals surface area (Å²) in [6.07, 6.45) is 5.53. The number of hydrogen-bond donors (Lipinski definition) is 2. The molecule has 0 bridgehead atoms. The van der Waals surface area contributed by atoms with E-state index < -0.39 is 0 Å². The van der Waals surface area contributed by atoms with Crippen LogP contribution < -0.4 is 10.6 Å². The maximum absolute atomic E-state index is 3.63. The first kappa shape index (κ1) is 9.30. The number of hydrogen-bond acceptors (Lipinski definition) is 2. The number of rotatable bonds is 0. The van der Waals surface area contributed by atoms with Crippen LogP contribution in [0, 0.1) is 0 Å². The highest BCUT2D eigenvalue weighted by molar-refractivity contribution is 5.85. The molecule has 0 radical (unpaired) electrons. The summed E-state index contributed by atoms with van der Waals surface area (Å²) in [5.74, 6) is 0. The Labute approximate surface area is 74.5 Å². The van der Waals surface area contributed by atoms with Crippen LogP contribution in [0.5, 0.6) is 0 Å². The van der Waals surface area contributed by atoms with Crippen LogP contribution in [-0.2, 0) is 0 Å². The monoisotopic (exact) mass is 176 g/mol. The lowest BCUT2D eigenvalue weighted by molar-refractivity contribution is 0.277. The molecule has 0 aromatic rings. The molecule has 66 valence electrons. The fourth-order valence-corrected chi connectivity index (χ4v) is 2.14. The molecule has 2 aliphatic heterocycles. The van der Waals surface area contributed by atoms with Gasteiger partial charge in [-0.05, 0) is 32.4 Å². The summed E-state index contributed by atoms with van der Waals surface area (Å²) >= 11 is 0. The fourth-order valence-electron chi connectivity index (χ4n) is 2.14. The molecule has 0 saturated carbocycles. The minimum atomic E-state index is 0. The van der Waals surface area contributed by atoms with E-state index in [0.29, 0.717) is 5.54 Å². The van der Waals surface area contributed by atoms with E-state index >= 15 is 0 Å². The van der Waals surface area contributed by atoms with Crippen LogP contribution in [0.2, 0.25) is 0 Å². The smallest absolute Gasteiger partial charge is 0.0318 e. The highest BCUT2D eigenvalue weighted by Gasteiger charge is 2.33. The third-order valence-electron chi connectivity index (χ3n) is 2.83. The lowest BCUT2D eigenvalue weighted by Gasteiger charge is -2.33. The molecule has 11 heavy (non-hydrogen) atoms. The molecule has 2 N–H and O–H groups in total. The molecule has 2 saturated heterocycles. The Morgan fingerprint density at radius 2 is 1.91 bits per heavy atom. The van der Waals surface area contributed by atoms with Crippen molar-refractivity contribution in [3.8, 4) is 0 Å². The predicted molar refractivity (Wildman–Crippen MR) is 49.3 cm³/mol. The van der Waals surface area contributed by atoms with Crippen molar-refractivity contribution in [2.45, 2.75) is 31.2 Å². The van der Waals surface area contributed by atoms with Crippen molar-refractivity contribution in [1.82, 2.24) is 10.6 Å². The zero-order chi connectivity index (χ0) is 6.86. The van der Waals surface area contributed by atoms with Crippen molar-refractivity contribution in [2.24, 2.45) is 0 Å². The molecule has 2 rings (SSSR count). The minimum absolute atomic E-state index is 0. The van der Waals surface area contributed by atoms with Gasteiger partial charge in [0.2, 0.25) is 0 Å². The number of halogens is 1. The summed E-state index contributed by atoms with van der Waals surface area (Å²) < 4.78 is 0. The lowest BCUT2D eigenvalue weighted by atomic mass is 9.88. The van der Waals surface area contributed by atoms with Crippen molar-refractivity contribution < 1.29 is 0 Å². The molecule has 1 spiro atoms. The van der Waals surface area contributed by atoms with Crippen LogP contribution in [-0.4, -0.2) is 25.2 Å². The molecule has 3 heteroatoms. The van der Waals surface area contributed by atoms with E-state index in [1.165, 1.54) is 45.3 Å². The van der Waals surface area contributed by atoms with Crippen LogP contribution in [0.4, 0.5) is 0 Å². The highest BCUT2D eigenvalue weighted by atomic mass is 35.5. The predicted octanol–water partition coefficient (Wildman–Crippen LogP) is 0.914. The minimum Gasteiger partial charge on any atom is -0.315 e. The molecule has 0 aliphatic carbocycles.